The summed E-state index contributed by atoms with van der Waals surface area (Å²) in [4.78, 5) is 0. The molecule has 0 bridgehead atoms. The molecule has 0 radical (unpaired) electrons. The molecule has 2 aromatic rings. The van der Waals surface area contributed by atoms with Gasteiger partial charge in [0.15, 0.2) is 0 Å². The molecule has 0 aliphatic carbocycles. The molecule has 1 atom stereocenters. The van der Waals surface area contributed by atoms with E-state index in [1.165, 1.54) is 0 Å². The molecule has 21 heavy (non-hydrogen) atoms. The highest BCUT2D eigenvalue weighted by atomic mass is 35.5. The van der Waals surface area contributed by atoms with Crippen molar-refractivity contribution in [3.63, 3.8) is 0 Å². The number of methoxy groups -OCH3 is 1. The Morgan fingerprint density at radius 3 is 2.43 bits per heavy atom. The van der Waals surface area contributed by atoms with E-state index >= 15 is 0 Å². The summed E-state index contributed by atoms with van der Waals surface area (Å²) in [5, 5.41) is 14.1. The van der Waals surface area contributed by atoms with Gasteiger partial charge in [0.1, 0.15) is 5.75 Å². The number of benzene rings is 2. The Morgan fingerprint density at radius 2 is 1.86 bits per heavy atom. The Bertz CT molecular complexity index is 587. The van der Waals surface area contributed by atoms with E-state index in [0.717, 1.165) is 11.1 Å². The molecule has 0 heterocycles. The summed E-state index contributed by atoms with van der Waals surface area (Å²) >= 11 is 12.0. The lowest BCUT2D eigenvalue weighted by Crippen LogP contribution is -2.23. The standard InChI is InChI=1S/C16H17Cl2NO2/c1-21-16-7-2-11(8-14(16)18)9-19-15(10-20)12-3-5-13(17)6-4-12/h2-8,15,19-20H,9-10H2,1H3. The summed E-state index contributed by atoms with van der Waals surface area (Å²) < 4.78 is 5.12. The molecular formula is C16H17Cl2NO2. The Balaban J connectivity index is 2.03. The topological polar surface area (TPSA) is 41.5 Å². The van der Waals surface area contributed by atoms with Gasteiger partial charge in [-0.15, -0.1) is 0 Å². The number of halogens is 2. The zero-order valence-electron chi connectivity index (χ0n) is 11.6. The summed E-state index contributed by atoms with van der Waals surface area (Å²) in [7, 11) is 1.58. The van der Waals surface area contributed by atoms with Gasteiger partial charge in [0, 0.05) is 11.6 Å². The third-order valence-corrected chi connectivity index (χ3v) is 3.77. The minimum absolute atomic E-state index is 0.00548. The van der Waals surface area contributed by atoms with Crippen LogP contribution in [-0.2, 0) is 6.54 Å². The van der Waals surface area contributed by atoms with Crippen LogP contribution in [0.1, 0.15) is 17.2 Å². The summed E-state index contributed by atoms with van der Waals surface area (Å²) in [6, 6.07) is 12.9. The van der Waals surface area contributed by atoms with Gasteiger partial charge in [-0.3, -0.25) is 0 Å². The summed E-state index contributed by atoms with van der Waals surface area (Å²) in [5.74, 6) is 0.650. The predicted octanol–water partition coefficient (Wildman–Crippen LogP) is 3.83. The molecule has 0 aliphatic rings. The van der Waals surface area contributed by atoms with Crippen molar-refractivity contribution in [2.24, 2.45) is 0 Å². The first-order chi connectivity index (χ1) is 10.1. The van der Waals surface area contributed by atoms with Crippen molar-refractivity contribution < 1.29 is 9.84 Å². The predicted molar refractivity (Wildman–Crippen MR) is 86.1 cm³/mol. The first kappa shape index (κ1) is 16.1. The van der Waals surface area contributed by atoms with Gasteiger partial charge in [0.2, 0.25) is 0 Å². The van der Waals surface area contributed by atoms with Crippen LogP contribution in [0.4, 0.5) is 0 Å². The highest BCUT2D eigenvalue weighted by Gasteiger charge is 2.10. The molecule has 0 amide bonds. The van der Waals surface area contributed by atoms with Gasteiger partial charge in [-0.05, 0) is 35.4 Å². The summed E-state index contributed by atoms with van der Waals surface area (Å²) in [5.41, 5.74) is 2.01. The van der Waals surface area contributed by atoms with Crippen LogP contribution in [0, 0.1) is 0 Å². The second-order valence-corrected chi connectivity index (χ2v) is 5.48. The SMILES string of the molecule is COc1ccc(CNC(CO)c2ccc(Cl)cc2)cc1Cl. The van der Waals surface area contributed by atoms with Crippen molar-refractivity contribution in [2.45, 2.75) is 12.6 Å². The third kappa shape index (κ3) is 4.35. The molecule has 112 valence electrons. The van der Waals surface area contributed by atoms with E-state index in [2.05, 4.69) is 5.32 Å². The monoisotopic (exact) mass is 325 g/mol. The van der Waals surface area contributed by atoms with Crippen LogP contribution < -0.4 is 10.1 Å². The van der Waals surface area contributed by atoms with Gasteiger partial charge < -0.3 is 15.2 Å². The fraction of sp³-hybridized carbons (Fsp3) is 0.250. The van der Waals surface area contributed by atoms with Crippen LogP contribution in [0.5, 0.6) is 5.75 Å². The van der Waals surface area contributed by atoms with E-state index in [1.54, 1.807) is 7.11 Å². The van der Waals surface area contributed by atoms with Crippen molar-refractivity contribution >= 4 is 23.2 Å². The van der Waals surface area contributed by atoms with E-state index in [1.807, 2.05) is 42.5 Å². The van der Waals surface area contributed by atoms with Crippen LogP contribution in [0.3, 0.4) is 0 Å². The number of nitrogens with one attached hydrogen (secondary N) is 1. The maximum Gasteiger partial charge on any atom is 0.137 e. The largest absolute Gasteiger partial charge is 0.495 e. The summed E-state index contributed by atoms with van der Waals surface area (Å²) in [6.07, 6.45) is 0. The number of hydrogen-bond acceptors (Lipinski definition) is 3. The van der Waals surface area contributed by atoms with Crippen LogP contribution >= 0.6 is 23.2 Å². The lowest BCUT2D eigenvalue weighted by Gasteiger charge is -2.17. The molecule has 5 heteroatoms. The average Bonchev–Trinajstić information content (AvgIpc) is 2.49. The summed E-state index contributed by atoms with van der Waals surface area (Å²) in [6.45, 7) is 0.600. The Labute approximate surface area is 134 Å². The van der Waals surface area contributed by atoms with Crippen LogP contribution in [0.2, 0.25) is 10.0 Å². The Hall–Kier alpha value is -1.26. The first-order valence-electron chi connectivity index (χ1n) is 6.56. The van der Waals surface area contributed by atoms with Crippen molar-refractivity contribution in [3.8, 4) is 5.75 Å². The lowest BCUT2D eigenvalue weighted by molar-refractivity contribution is 0.243. The van der Waals surface area contributed by atoms with E-state index in [4.69, 9.17) is 27.9 Å². The fourth-order valence-corrected chi connectivity index (χ4v) is 2.45. The molecule has 2 aromatic carbocycles. The molecule has 0 aromatic heterocycles. The number of rotatable bonds is 6. The minimum Gasteiger partial charge on any atom is -0.495 e. The molecule has 0 saturated heterocycles. The highest BCUT2D eigenvalue weighted by molar-refractivity contribution is 6.32. The smallest absolute Gasteiger partial charge is 0.137 e. The van der Waals surface area contributed by atoms with Crippen molar-refractivity contribution in [1.29, 1.82) is 0 Å². The fourth-order valence-electron chi connectivity index (χ4n) is 2.04. The van der Waals surface area contributed by atoms with Crippen LogP contribution in [-0.4, -0.2) is 18.8 Å². The molecule has 0 fully saturated rings. The van der Waals surface area contributed by atoms with Gasteiger partial charge in [0.05, 0.1) is 24.8 Å². The number of ether oxygens (including phenoxy) is 1. The van der Waals surface area contributed by atoms with Gasteiger partial charge in [-0.2, -0.15) is 0 Å². The van der Waals surface area contributed by atoms with Gasteiger partial charge in [-0.1, -0.05) is 41.4 Å². The van der Waals surface area contributed by atoms with Crippen molar-refractivity contribution in [2.75, 3.05) is 13.7 Å². The zero-order valence-corrected chi connectivity index (χ0v) is 13.2. The molecule has 1 unspecified atom stereocenters. The zero-order chi connectivity index (χ0) is 15.2. The minimum atomic E-state index is -0.150. The third-order valence-electron chi connectivity index (χ3n) is 3.22. The van der Waals surface area contributed by atoms with E-state index < -0.39 is 0 Å². The average molecular weight is 326 g/mol. The molecule has 0 spiro atoms. The molecule has 0 saturated carbocycles. The van der Waals surface area contributed by atoms with Crippen LogP contribution in [0.25, 0.3) is 0 Å². The number of aliphatic hydroxyl groups excluding tert-OH is 1. The number of hydrogen-bond donors (Lipinski definition) is 2. The molecule has 0 aliphatic heterocycles. The van der Waals surface area contributed by atoms with Crippen molar-refractivity contribution in [3.05, 3.63) is 63.6 Å². The quantitative estimate of drug-likeness (QED) is 0.848. The van der Waals surface area contributed by atoms with E-state index in [-0.39, 0.29) is 12.6 Å². The molecule has 3 nitrogen and oxygen atoms in total. The number of aliphatic hydroxyl groups is 1. The van der Waals surface area contributed by atoms with Crippen molar-refractivity contribution in [1.82, 2.24) is 5.32 Å². The van der Waals surface area contributed by atoms with Crippen LogP contribution in [0.15, 0.2) is 42.5 Å². The van der Waals surface area contributed by atoms with Gasteiger partial charge >= 0.3 is 0 Å². The maximum atomic E-state index is 9.52. The second kappa shape index (κ2) is 7.66. The Morgan fingerprint density at radius 1 is 1.14 bits per heavy atom. The van der Waals surface area contributed by atoms with Gasteiger partial charge in [0.25, 0.3) is 0 Å². The first-order valence-corrected chi connectivity index (χ1v) is 7.31. The van der Waals surface area contributed by atoms with E-state index in [9.17, 15) is 5.11 Å². The molecule has 2 rings (SSSR count). The van der Waals surface area contributed by atoms with Gasteiger partial charge in [-0.25, -0.2) is 0 Å². The second-order valence-electron chi connectivity index (χ2n) is 4.64. The normalized spacial score (nSPS) is 12.2. The lowest BCUT2D eigenvalue weighted by atomic mass is 10.1. The highest BCUT2D eigenvalue weighted by Crippen LogP contribution is 2.25. The molecule has 2 N–H and O–H groups in total. The Kier molecular flexibility index (Phi) is 5.88. The molecular weight excluding hydrogens is 309 g/mol. The van der Waals surface area contributed by atoms with E-state index in [0.29, 0.717) is 22.3 Å². The maximum absolute atomic E-state index is 9.52.